The molecule has 142 valence electrons. The van der Waals surface area contributed by atoms with E-state index >= 15 is 0 Å². The van der Waals surface area contributed by atoms with E-state index in [0.29, 0.717) is 13.0 Å². The summed E-state index contributed by atoms with van der Waals surface area (Å²) in [5, 5.41) is 0. The van der Waals surface area contributed by atoms with Gasteiger partial charge in [0.05, 0.1) is 10.8 Å². The van der Waals surface area contributed by atoms with Crippen molar-refractivity contribution in [2.24, 2.45) is 5.92 Å². The Morgan fingerprint density at radius 3 is 2.44 bits per heavy atom. The summed E-state index contributed by atoms with van der Waals surface area (Å²) in [4.78, 5) is 25.8. The van der Waals surface area contributed by atoms with Gasteiger partial charge in [-0.1, -0.05) is 30.3 Å². The van der Waals surface area contributed by atoms with Crippen LogP contribution in [0.2, 0.25) is 0 Å². The fraction of sp³-hybridized carbons (Fsp3) is 0.263. The van der Waals surface area contributed by atoms with Crippen LogP contribution in [-0.4, -0.2) is 38.2 Å². The monoisotopic (exact) mass is 390 g/mol. The van der Waals surface area contributed by atoms with Crippen molar-refractivity contribution in [3.8, 4) is 0 Å². The number of rotatable bonds is 6. The Labute approximate surface area is 157 Å². The minimum atomic E-state index is -4.10. The molecule has 1 aliphatic heterocycles. The smallest absolute Gasteiger partial charge is 0.264 e. The first kappa shape index (κ1) is 19.0. The Kier molecular flexibility index (Phi) is 5.55. The van der Waals surface area contributed by atoms with E-state index in [9.17, 15) is 22.4 Å². The highest BCUT2D eigenvalue weighted by molar-refractivity contribution is 7.90. The van der Waals surface area contributed by atoms with Crippen molar-refractivity contribution in [2.45, 2.75) is 17.7 Å². The van der Waals surface area contributed by atoms with Crippen molar-refractivity contribution in [3.05, 3.63) is 66.0 Å². The number of likely N-dealkylation sites (tertiary alicyclic amines) is 1. The van der Waals surface area contributed by atoms with Crippen LogP contribution in [0.3, 0.4) is 0 Å². The molecule has 0 spiro atoms. The van der Waals surface area contributed by atoms with Gasteiger partial charge in [0.1, 0.15) is 5.82 Å². The summed E-state index contributed by atoms with van der Waals surface area (Å²) >= 11 is 0. The quantitative estimate of drug-likeness (QED) is 0.814. The van der Waals surface area contributed by atoms with Gasteiger partial charge in [0, 0.05) is 19.5 Å². The highest BCUT2D eigenvalue weighted by Gasteiger charge is 2.35. The summed E-state index contributed by atoms with van der Waals surface area (Å²) in [7, 11) is -4.10. The molecule has 1 N–H and O–H groups in total. The van der Waals surface area contributed by atoms with Crippen molar-refractivity contribution in [3.63, 3.8) is 0 Å². The molecule has 1 saturated heterocycles. The Morgan fingerprint density at radius 2 is 1.78 bits per heavy atom. The maximum absolute atomic E-state index is 12.9. The lowest BCUT2D eigenvalue weighted by Gasteiger charge is -2.16. The summed E-state index contributed by atoms with van der Waals surface area (Å²) < 4.78 is 39.4. The number of hydrogen-bond donors (Lipinski definition) is 1. The van der Waals surface area contributed by atoms with Gasteiger partial charge in [0.2, 0.25) is 11.8 Å². The molecule has 1 atom stereocenters. The molecule has 27 heavy (non-hydrogen) atoms. The van der Waals surface area contributed by atoms with Crippen LogP contribution in [-0.2, 0) is 26.0 Å². The maximum Gasteiger partial charge on any atom is 0.264 e. The second-order valence-corrected chi connectivity index (χ2v) is 8.08. The van der Waals surface area contributed by atoms with Crippen LogP contribution in [0.1, 0.15) is 12.0 Å². The number of benzene rings is 2. The minimum Gasteiger partial charge on any atom is -0.342 e. The topological polar surface area (TPSA) is 83.5 Å². The molecule has 8 heteroatoms. The molecular weight excluding hydrogens is 371 g/mol. The molecule has 0 radical (unpaired) electrons. The third-order valence-electron chi connectivity index (χ3n) is 4.46. The zero-order chi connectivity index (χ0) is 19.4. The highest BCUT2D eigenvalue weighted by atomic mass is 32.2. The third kappa shape index (κ3) is 4.71. The second-order valence-electron chi connectivity index (χ2n) is 6.40. The first-order valence-corrected chi connectivity index (χ1v) is 9.97. The number of amides is 2. The predicted octanol–water partition coefficient (Wildman–Crippen LogP) is 1.72. The van der Waals surface area contributed by atoms with Crippen molar-refractivity contribution in [1.82, 2.24) is 9.62 Å². The van der Waals surface area contributed by atoms with E-state index in [4.69, 9.17) is 0 Å². The second kappa shape index (κ2) is 7.87. The molecule has 1 unspecified atom stereocenters. The lowest BCUT2D eigenvalue weighted by Crippen LogP contribution is -2.37. The number of carbonyl (C=O) groups excluding carboxylic acids is 2. The summed E-state index contributed by atoms with van der Waals surface area (Å²) in [6, 6.07) is 13.8. The summed E-state index contributed by atoms with van der Waals surface area (Å²) in [6.07, 6.45) is 0.633. The van der Waals surface area contributed by atoms with Gasteiger partial charge in [-0.3, -0.25) is 9.59 Å². The van der Waals surface area contributed by atoms with Gasteiger partial charge in [0.25, 0.3) is 10.0 Å². The van der Waals surface area contributed by atoms with Crippen LogP contribution in [0.15, 0.2) is 59.5 Å². The van der Waals surface area contributed by atoms with E-state index in [-0.39, 0.29) is 23.8 Å². The highest BCUT2D eigenvalue weighted by Crippen LogP contribution is 2.20. The molecule has 0 saturated carbocycles. The van der Waals surface area contributed by atoms with Crippen LogP contribution < -0.4 is 4.72 Å². The lowest BCUT2D eigenvalue weighted by molar-refractivity contribution is -0.128. The molecule has 1 fully saturated rings. The van der Waals surface area contributed by atoms with Crippen LogP contribution in [0.5, 0.6) is 0 Å². The van der Waals surface area contributed by atoms with E-state index < -0.39 is 27.7 Å². The molecule has 0 aliphatic carbocycles. The predicted molar refractivity (Wildman–Crippen MR) is 96.6 cm³/mol. The maximum atomic E-state index is 12.9. The van der Waals surface area contributed by atoms with E-state index in [1.807, 2.05) is 35.1 Å². The van der Waals surface area contributed by atoms with Crippen molar-refractivity contribution < 1.29 is 22.4 Å². The number of halogens is 1. The number of nitrogens with one attached hydrogen (secondary N) is 1. The molecular formula is C19H19FN2O4S. The summed E-state index contributed by atoms with van der Waals surface area (Å²) in [5.41, 5.74) is 1.08. The average molecular weight is 390 g/mol. The van der Waals surface area contributed by atoms with Gasteiger partial charge < -0.3 is 4.90 Å². The molecule has 2 amide bonds. The van der Waals surface area contributed by atoms with Gasteiger partial charge in [0.15, 0.2) is 0 Å². The number of nitrogens with zero attached hydrogens (tertiary/aromatic N) is 1. The Balaban J connectivity index is 1.59. The van der Waals surface area contributed by atoms with Crippen molar-refractivity contribution in [1.29, 1.82) is 0 Å². The van der Waals surface area contributed by atoms with Crippen LogP contribution >= 0.6 is 0 Å². The Hall–Kier alpha value is -2.74. The van der Waals surface area contributed by atoms with Crippen molar-refractivity contribution in [2.75, 3.05) is 13.1 Å². The first-order chi connectivity index (χ1) is 12.8. The zero-order valence-electron chi connectivity index (χ0n) is 14.5. The van der Waals surface area contributed by atoms with E-state index in [1.165, 1.54) is 0 Å². The molecule has 2 aromatic rings. The lowest BCUT2D eigenvalue weighted by atomic mass is 10.1. The Morgan fingerprint density at radius 1 is 1.11 bits per heavy atom. The summed E-state index contributed by atoms with van der Waals surface area (Å²) in [6.45, 7) is 0.647. The molecule has 3 rings (SSSR count). The van der Waals surface area contributed by atoms with E-state index in [1.54, 1.807) is 4.90 Å². The minimum absolute atomic E-state index is 0.0282. The molecule has 1 aliphatic rings. The molecule has 6 nitrogen and oxygen atoms in total. The summed E-state index contributed by atoms with van der Waals surface area (Å²) in [5.74, 6) is -2.21. The molecule has 0 bridgehead atoms. The standard InChI is InChI=1S/C19H19FN2O4S/c20-16-6-8-17(9-7-16)27(25,26)21-19(24)15-12-18(23)22(13-15)11-10-14-4-2-1-3-5-14/h1-9,15H,10-13H2,(H,21,24). The normalized spacial score (nSPS) is 17.1. The van der Waals surface area contributed by atoms with Gasteiger partial charge in [-0.2, -0.15) is 0 Å². The SMILES string of the molecule is O=C(NS(=O)(=O)c1ccc(F)cc1)C1CC(=O)N(CCc2ccccc2)C1. The van der Waals surface area contributed by atoms with Crippen LogP contribution in [0, 0.1) is 11.7 Å². The first-order valence-electron chi connectivity index (χ1n) is 8.49. The number of sulfonamides is 1. The molecule has 2 aromatic carbocycles. The zero-order valence-corrected chi connectivity index (χ0v) is 15.3. The van der Waals surface area contributed by atoms with Crippen LogP contribution in [0.4, 0.5) is 4.39 Å². The number of carbonyl (C=O) groups is 2. The molecule has 1 heterocycles. The fourth-order valence-electron chi connectivity index (χ4n) is 2.96. The molecule has 0 aromatic heterocycles. The van der Waals surface area contributed by atoms with Gasteiger partial charge >= 0.3 is 0 Å². The van der Waals surface area contributed by atoms with E-state index in [0.717, 1.165) is 29.8 Å². The van der Waals surface area contributed by atoms with Gasteiger partial charge in [-0.05, 0) is 36.2 Å². The van der Waals surface area contributed by atoms with Crippen molar-refractivity contribution >= 4 is 21.8 Å². The Bertz CT molecular complexity index is 930. The third-order valence-corrected chi connectivity index (χ3v) is 5.82. The van der Waals surface area contributed by atoms with E-state index in [2.05, 4.69) is 0 Å². The van der Waals surface area contributed by atoms with Gasteiger partial charge in [-0.25, -0.2) is 17.5 Å². The average Bonchev–Trinajstić information content (AvgIpc) is 3.02. The van der Waals surface area contributed by atoms with Gasteiger partial charge in [-0.15, -0.1) is 0 Å². The van der Waals surface area contributed by atoms with Crippen LogP contribution in [0.25, 0.3) is 0 Å². The largest absolute Gasteiger partial charge is 0.342 e. The number of hydrogen-bond acceptors (Lipinski definition) is 4. The fourth-order valence-corrected chi connectivity index (χ4v) is 4.00.